The standard InChI is InChI=1S/C11H18BrNO/c1-3-5-13-8-9(2)7-11-10(12)4-6-14-11/h4,6,9,13H,3,5,7-8H2,1-2H3. The van der Waals surface area contributed by atoms with E-state index >= 15 is 0 Å². The first-order chi connectivity index (χ1) is 6.74. The minimum Gasteiger partial charge on any atom is -0.468 e. The second kappa shape index (κ2) is 6.25. The summed E-state index contributed by atoms with van der Waals surface area (Å²) in [4.78, 5) is 0. The molecule has 0 saturated carbocycles. The highest BCUT2D eigenvalue weighted by Gasteiger charge is 2.08. The maximum atomic E-state index is 5.37. The van der Waals surface area contributed by atoms with Crippen molar-refractivity contribution in [2.24, 2.45) is 5.92 Å². The van der Waals surface area contributed by atoms with Crippen molar-refractivity contribution >= 4 is 15.9 Å². The number of hydrogen-bond donors (Lipinski definition) is 1. The molecule has 80 valence electrons. The Labute approximate surface area is 94.2 Å². The van der Waals surface area contributed by atoms with E-state index in [1.807, 2.05) is 6.07 Å². The fourth-order valence-electron chi connectivity index (χ4n) is 1.38. The highest BCUT2D eigenvalue weighted by molar-refractivity contribution is 9.10. The van der Waals surface area contributed by atoms with Crippen molar-refractivity contribution in [1.82, 2.24) is 5.32 Å². The second-order valence-electron chi connectivity index (χ2n) is 3.71. The summed E-state index contributed by atoms with van der Waals surface area (Å²) in [6.07, 6.45) is 3.91. The first-order valence-corrected chi connectivity index (χ1v) is 5.96. The van der Waals surface area contributed by atoms with Crippen molar-refractivity contribution in [3.63, 3.8) is 0 Å². The molecule has 0 amide bonds. The zero-order chi connectivity index (χ0) is 10.4. The quantitative estimate of drug-likeness (QED) is 0.794. The molecule has 1 aromatic rings. The van der Waals surface area contributed by atoms with Gasteiger partial charge in [0, 0.05) is 6.42 Å². The highest BCUT2D eigenvalue weighted by Crippen LogP contribution is 2.20. The Hall–Kier alpha value is -0.280. The Bertz CT molecular complexity index is 260. The molecule has 1 heterocycles. The van der Waals surface area contributed by atoms with Crippen LogP contribution in [0.3, 0.4) is 0 Å². The van der Waals surface area contributed by atoms with E-state index < -0.39 is 0 Å². The van der Waals surface area contributed by atoms with Crippen LogP contribution in [0, 0.1) is 5.92 Å². The van der Waals surface area contributed by atoms with Gasteiger partial charge in [0.1, 0.15) is 5.76 Å². The molecule has 1 rings (SSSR count). The third-order valence-electron chi connectivity index (χ3n) is 2.14. The van der Waals surface area contributed by atoms with Gasteiger partial charge in [-0.2, -0.15) is 0 Å². The number of rotatable bonds is 6. The lowest BCUT2D eigenvalue weighted by molar-refractivity contribution is 0.437. The van der Waals surface area contributed by atoms with Crippen LogP contribution in [0.25, 0.3) is 0 Å². The minimum atomic E-state index is 0.615. The number of nitrogens with one attached hydrogen (secondary N) is 1. The Kier molecular flexibility index (Phi) is 5.26. The largest absolute Gasteiger partial charge is 0.468 e. The van der Waals surface area contributed by atoms with Crippen LogP contribution < -0.4 is 5.32 Å². The van der Waals surface area contributed by atoms with Crippen molar-refractivity contribution < 1.29 is 4.42 Å². The van der Waals surface area contributed by atoms with Gasteiger partial charge in [0.25, 0.3) is 0 Å². The van der Waals surface area contributed by atoms with Gasteiger partial charge in [-0.25, -0.2) is 0 Å². The van der Waals surface area contributed by atoms with E-state index in [4.69, 9.17) is 4.42 Å². The Morgan fingerprint density at radius 3 is 2.93 bits per heavy atom. The van der Waals surface area contributed by atoms with Crippen LogP contribution in [0.15, 0.2) is 21.2 Å². The maximum Gasteiger partial charge on any atom is 0.118 e. The maximum absolute atomic E-state index is 5.37. The van der Waals surface area contributed by atoms with Gasteiger partial charge < -0.3 is 9.73 Å². The van der Waals surface area contributed by atoms with Crippen molar-refractivity contribution in [2.75, 3.05) is 13.1 Å². The molecule has 14 heavy (non-hydrogen) atoms. The molecule has 0 aromatic carbocycles. The van der Waals surface area contributed by atoms with Crippen LogP contribution in [0.2, 0.25) is 0 Å². The molecule has 1 atom stereocenters. The van der Waals surface area contributed by atoms with E-state index in [0.717, 1.165) is 29.7 Å². The van der Waals surface area contributed by atoms with Gasteiger partial charge in [-0.1, -0.05) is 13.8 Å². The predicted octanol–water partition coefficient (Wildman–Crippen LogP) is 3.22. The lowest BCUT2D eigenvalue weighted by Crippen LogP contribution is -2.23. The summed E-state index contributed by atoms with van der Waals surface area (Å²) in [5.74, 6) is 1.67. The van der Waals surface area contributed by atoms with E-state index in [1.54, 1.807) is 6.26 Å². The normalized spacial score (nSPS) is 13.1. The summed E-state index contributed by atoms with van der Waals surface area (Å²) >= 11 is 3.46. The Morgan fingerprint density at radius 1 is 1.57 bits per heavy atom. The first-order valence-electron chi connectivity index (χ1n) is 5.16. The SMILES string of the molecule is CCCNCC(C)Cc1occc1Br. The van der Waals surface area contributed by atoms with Gasteiger partial charge in [0.2, 0.25) is 0 Å². The van der Waals surface area contributed by atoms with Crippen molar-refractivity contribution in [1.29, 1.82) is 0 Å². The van der Waals surface area contributed by atoms with Crippen LogP contribution >= 0.6 is 15.9 Å². The number of halogens is 1. The van der Waals surface area contributed by atoms with Crippen LogP contribution in [0.4, 0.5) is 0 Å². The molecular formula is C11H18BrNO. The summed E-state index contributed by atoms with van der Waals surface area (Å²) < 4.78 is 6.45. The van der Waals surface area contributed by atoms with Gasteiger partial charge in [-0.3, -0.25) is 0 Å². The van der Waals surface area contributed by atoms with Crippen LogP contribution in [0.5, 0.6) is 0 Å². The summed E-state index contributed by atoms with van der Waals surface area (Å²) in [7, 11) is 0. The molecule has 2 nitrogen and oxygen atoms in total. The molecule has 1 N–H and O–H groups in total. The third-order valence-corrected chi connectivity index (χ3v) is 2.85. The monoisotopic (exact) mass is 259 g/mol. The molecule has 0 saturated heterocycles. The molecule has 0 fully saturated rings. The first kappa shape index (κ1) is 11.8. The summed E-state index contributed by atoms with van der Waals surface area (Å²) in [6.45, 7) is 6.57. The molecule has 0 spiro atoms. The summed E-state index contributed by atoms with van der Waals surface area (Å²) in [6, 6.07) is 1.95. The lowest BCUT2D eigenvalue weighted by Gasteiger charge is -2.10. The highest BCUT2D eigenvalue weighted by atomic mass is 79.9. The molecule has 0 aliphatic rings. The third kappa shape index (κ3) is 3.84. The van der Waals surface area contributed by atoms with Gasteiger partial charge in [-0.05, 0) is 47.4 Å². The predicted molar refractivity (Wildman–Crippen MR) is 62.4 cm³/mol. The lowest BCUT2D eigenvalue weighted by atomic mass is 10.1. The van der Waals surface area contributed by atoms with Gasteiger partial charge in [-0.15, -0.1) is 0 Å². The number of furan rings is 1. The average Bonchev–Trinajstić information content (AvgIpc) is 2.52. The van der Waals surface area contributed by atoms with Crippen LogP contribution in [0.1, 0.15) is 26.0 Å². The van der Waals surface area contributed by atoms with Crippen molar-refractivity contribution in [3.05, 3.63) is 22.6 Å². The topological polar surface area (TPSA) is 25.2 Å². The fourth-order valence-corrected chi connectivity index (χ4v) is 1.75. The van der Waals surface area contributed by atoms with E-state index in [2.05, 4.69) is 35.1 Å². The molecular weight excluding hydrogens is 242 g/mol. The van der Waals surface area contributed by atoms with Crippen molar-refractivity contribution in [3.8, 4) is 0 Å². The molecule has 1 aromatic heterocycles. The molecule has 0 bridgehead atoms. The molecule has 0 radical (unpaired) electrons. The zero-order valence-corrected chi connectivity index (χ0v) is 10.4. The summed E-state index contributed by atoms with van der Waals surface area (Å²) in [5, 5.41) is 3.41. The minimum absolute atomic E-state index is 0.615. The Morgan fingerprint density at radius 2 is 2.36 bits per heavy atom. The van der Waals surface area contributed by atoms with E-state index in [-0.39, 0.29) is 0 Å². The van der Waals surface area contributed by atoms with E-state index in [1.165, 1.54) is 6.42 Å². The van der Waals surface area contributed by atoms with Crippen molar-refractivity contribution in [2.45, 2.75) is 26.7 Å². The molecule has 1 unspecified atom stereocenters. The molecule has 0 aliphatic carbocycles. The smallest absolute Gasteiger partial charge is 0.118 e. The van der Waals surface area contributed by atoms with E-state index in [0.29, 0.717) is 5.92 Å². The van der Waals surface area contributed by atoms with Crippen LogP contribution in [-0.4, -0.2) is 13.1 Å². The Balaban J connectivity index is 2.27. The zero-order valence-electron chi connectivity index (χ0n) is 8.85. The molecule has 0 aliphatic heterocycles. The molecule has 3 heteroatoms. The van der Waals surface area contributed by atoms with Gasteiger partial charge in [0.05, 0.1) is 10.7 Å². The van der Waals surface area contributed by atoms with Crippen LogP contribution in [-0.2, 0) is 6.42 Å². The average molecular weight is 260 g/mol. The van der Waals surface area contributed by atoms with E-state index in [9.17, 15) is 0 Å². The number of hydrogen-bond acceptors (Lipinski definition) is 2. The summed E-state index contributed by atoms with van der Waals surface area (Å²) in [5.41, 5.74) is 0. The van der Waals surface area contributed by atoms with Gasteiger partial charge in [0.15, 0.2) is 0 Å². The fraction of sp³-hybridized carbons (Fsp3) is 0.636. The second-order valence-corrected chi connectivity index (χ2v) is 4.56. The van der Waals surface area contributed by atoms with Gasteiger partial charge >= 0.3 is 0 Å².